The van der Waals surface area contributed by atoms with Crippen LogP contribution >= 0.6 is 11.8 Å². The van der Waals surface area contributed by atoms with Crippen LogP contribution in [-0.2, 0) is 5.75 Å². The maximum Gasteiger partial charge on any atom is 0.283 e. The third kappa shape index (κ3) is 3.25. The fraction of sp³-hybridized carbons (Fsp3) is 0.0667. The fourth-order valence-electron chi connectivity index (χ4n) is 1.84. The number of carbonyl (C=O) groups is 1. The minimum atomic E-state index is -1.01. The maximum absolute atomic E-state index is 13.0. The van der Waals surface area contributed by atoms with Crippen molar-refractivity contribution in [3.05, 3.63) is 60.0 Å². The summed E-state index contributed by atoms with van der Waals surface area (Å²) in [5.74, 6) is -1.31. The highest BCUT2D eigenvalue weighted by Crippen LogP contribution is 2.21. The van der Waals surface area contributed by atoms with Gasteiger partial charge >= 0.3 is 0 Å². The monoisotopic (exact) mass is 320 g/mol. The molecular weight excluding hydrogens is 310 g/mol. The van der Waals surface area contributed by atoms with E-state index >= 15 is 0 Å². The Hall–Kier alpha value is -2.41. The molecule has 3 rings (SSSR count). The molecule has 0 fully saturated rings. The number of halogens is 2. The number of thioether (sulfide) groups is 1. The number of benzene rings is 2. The molecule has 1 aromatic heterocycles. The van der Waals surface area contributed by atoms with Crippen LogP contribution in [0.2, 0.25) is 0 Å². The lowest BCUT2D eigenvalue weighted by Crippen LogP contribution is -2.05. The lowest BCUT2D eigenvalue weighted by Gasteiger charge is -2.04. The zero-order valence-electron chi connectivity index (χ0n) is 11.2. The molecule has 3 aromatic rings. The SMILES string of the molecule is O=C(Nc1ccc(F)c(F)c1)SCc1nc2ccccc2o1. The molecule has 0 saturated carbocycles. The highest BCUT2D eigenvalue weighted by Gasteiger charge is 2.10. The molecule has 0 atom stereocenters. The zero-order valence-corrected chi connectivity index (χ0v) is 12.0. The Morgan fingerprint density at radius 1 is 1.18 bits per heavy atom. The van der Waals surface area contributed by atoms with Crippen LogP contribution in [0.15, 0.2) is 46.9 Å². The van der Waals surface area contributed by atoms with Gasteiger partial charge < -0.3 is 9.73 Å². The van der Waals surface area contributed by atoms with Gasteiger partial charge in [-0.15, -0.1) is 0 Å². The summed E-state index contributed by atoms with van der Waals surface area (Å²) < 4.78 is 31.3. The molecule has 7 heteroatoms. The average Bonchev–Trinajstić information content (AvgIpc) is 2.92. The van der Waals surface area contributed by atoms with E-state index in [0.29, 0.717) is 11.5 Å². The summed E-state index contributed by atoms with van der Waals surface area (Å²) in [4.78, 5) is 16.0. The minimum absolute atomic E-state index is 0.189. The van der Waals surface area contributed by atoms with Crippen molar-refractivity contribution in [1.29, 1.82) is 0 Å². The molecule has 1 heterocycles. The summed E-state index contributed by atoms with van der Waals surface area (Å²) in [5, 5.41) is 2.05. The summed E-state index contributed by atoms with van der Waals surface area (Å²) in [6, 6.07) is 10.4. The van der Waals surface area contributed by atoms with Gasteiger partial charge in [0.2, 0.25) is 5.89 Å². The number of aromatic nitrogens is 1. The van der Waals surface area contributed by atoms with Crippen molar-refractivity contribution < 1.29 is 18.0 Å². The Morgan fingerprint density at radius 2 is 2.00 bits per heavy atom. The first-order valence-electron chi connectivity index (χ1n) is 6.35. The summed E-state index contributed by atoms with van der Waals surface area (Å²) in [7, 11) is 0. The van der Waals surface area contributed by atoms with Crippen LogP contribution in [0.4, 0.5) is 19.3 Å². The predicted octanol–water partition coefficient (Wildman–Crippen LogP) is 4.57. The predicted molar refractivity (Wildman–Crippen MR) is 80.7 cm³/mol. The van der Waals surface area contributed by atoms with Gasteiger partial charge in [0.25, 0.3) is 5.24 Å². The second kappa shape index (κ2) is 6.15. The van der Waals surface area contributed by atoms with Gasteiger partial charge in [-0.25, -0.2) is 13.8 Å². The van der Waals surface area contributed by atoms with Crippen molar-refractivity contribution in [2.45, 2.75) is 5.75 Å². The minimum Gasteiger partial charge on any atom is -0.440 e. The van der Waals surface area contributed by atoms with E-state index in [-0.39, 0.29) is 11.4 Å². The molecule has 0 saturated heterocycles. The fourth-order valence-corrected chi connectivity index (χ4v) is 2.40. The molecule has 22 heavy (non-hydrogen) atoms. The molecule has 0 aliphatic rings. The number of nitrogens with zero attached hydrogens (tertiary/aromatic N) is 1. The molecule has 2 aromatic carbocycles. The van der Waals surface area contributed by atoms with E-state index in [0.717, 1.165) is 29.4 Å². The number of carbonyl (C=O) groups excluding carboxylic acids is 1. The Morgan fingerprint density at radius 3 is 2.77 bits per heavy atom. The first kappa shape index (κ1) is 14.5. The number of amides is 1. The van der Waals surface area contributed by atoms with E-state index in [1.165, 1.54) is 6.07 Å². The highest BCUT2D eigenvalue weighted by atomic mass is 32.2. The Kier molecular flexibility index (Phi) is 4.06. The molecular formula is C15H10F2N2O2S. The van der Waals surface area contributed by atoms with E-state index in [1.54, 1.807) is 6.07 Å². The lowest BCUT2D eigenvalue weighted by atomic mass is 10.3. The molecule has 0 aliphatic heterocycles. The van der Waals surface area contributed by atoms with Crippen molar-refractivity contribution >= 4 is 33.8 Å². The average molecular weight is 320 g/mol. The Balaban J connectivity index is 1.60. The van der Waals surface area contributed by atoms with Crippen molar-refractivity contribution in [3.63, 3.8) is 0 Å². The van der Waals surface area contributed by atoms with Gasteiger partial charge in [-0.05, 0) is 24.3 Å². The molecule has 1 amide bonds. The quantitative estimate of drug-likeness (QED) is 0.768. The highest BCUT2D eigenvalue weighted by molar-refractivity contribution is 8.13. The van der Waals surface area contributed by atoms with Crippen LogP contribution in [-0.4, -0.2) is 10.2 Å². The molecule has 1 N–H and O–H groups in total. The number of nitrogens with one attached hydrogen (secondary N) is 1. The number of oxazole rings is 1. The Bertz CT molecular complexity index is 802. The van der Waals surface area contributed by atoms with E-state index in [9.17, 15) is 13.6 Å². The van der Waals surface area contributed by atoms with E-state index in [2.05, 4.69) is 10.3 Å². The number of rotatable bonds is 3. The molecule has 0 unspecified atom stereocenters. The molecule has 4 nitrogen and oxygen atoms in total. The van der Waals surface area contributed by atoms with E-state index in [4.69, 9.17) is 4.42 Å². The first-order chi connectivity index (χ1) is 10.6. The van der Waals surface area contributed by atoms with Gasteiger partial charge in [0.1, 0.15) is 5.52 Å². The first-order valence-corrected chi connectivity index (χ1v) is 7.33. The van der Waals surface area contributed by atoms with Gasteiger partial charge in [-0.2, -0.15) is 0 Å². The van der Waals surface area contributed by atoms with Crippen LogP contribution in [0.25, 0.3) is 11.1 Å². The van der Waals surface area contributed by atoms with Crippen LogP contribution < -0.4 is 5.32 Å². The third-order valence-corrected chi connectivity index (χ3v) is 3.59. The van der Waals surface area contributed by atoms with Crippen LogP contribution in [0, 0.1) is 11.6 Å². The van der Waals surface area contributed by atoms with Crippen LogP contribution in [0.3, 0.4) is 0 Å². The molecule has 0 spiro atoms. The molecule has 0 bridgehead atoms. The maximum atomic E-state index is 13.0. The third-order valence-electron chi connectivity index (χ3n) is 2.83. The largest absolute Gasteiger partial charge is 0.440 e. The van der Waals surface area contributed by atoms with Gasteiger partial charge in [-0.3, -0.25) is 4.79 Å². The van der Waals surface area contributed by atoms with Crippen molar-refractivity contribution in [3.8, 4) is 0 Å². The number of para-hydroxylation sites is 2. The molecule has 0 radical (unpaired) electrons. The van der Waals surface area contributed by atoms with Crippen LogP contribution in [0.5, 0.6) is 0 Å². The number of hydrogen-bond donors (Lipinski definition) is 1. The second-order valence-corrected chi connectivity index (χ2v) is 5.35. The van der Waals surface area contributed by atoms with Gasteiger partial charge in [0, 0.05) is 11.8 Å². The number of hydrogen-bond acceptors (Lipinski definition) is 4. The topological polar surface area (TPSA) is 55.1 Å². The standard InChI is InChI=1S/C15H10F2N2O2S/c16-10-6-5-9(7-11(10)17)18-15(20)22-8-14-19-12-3-1-2-4-13(12)21-14/h1-7H,8H2,(H,18,20). The molecule has 0 aliphatic carbocycles. The zero-order chi connectivity index (χ0) is 15.5. The van der Waals surface area contributed by atoms with Gasteiger partial charge in [-0.1, -0.05) is 23.9 Å². The van der Waals surface area contributed by atoms with E-state index < -0.39 is 16.9 Å². The van der Waals surface area contributed by atoms with Crippen LogP contribution in [0.1, 0.15) is 5.89 Å². The summed E-state index contributed by atoms with van der Waals surface area (Å²) in [5.41, 5.74) is 1.56. The summed E-state index contributed by atoms with van der Waals surface area (Å²) in [6.07, 6.45) is 0. The van der Waals surface area contributed by atoms with Crippen molar-refractivity contribution in [2.75, 3.05) is 5.32 Å². The number of fused-ring (bicyclic) bond motifs is 1. The smallest absolute Gasteiger partial charge is 0.283 e. The second-order valence-electron chi connectivity index (χ2n) is 4.41. The normalized spacial score (nSPS) is 10.8. The van der Waals surface area contributed by atoms with Crippen molar-refractivity contribution in [2.24, 2.45) is 0 Å². The van der Waals surface area contributed by atoms with Gasteiger partial charge in [0.05, 0.1) is 5.75 Å². The van der Waals surface area contributed by atoms with E-state index in [1.807, 2.05) is 18.2 Å². The lowest BCUT2D eigenvalue weighted by molar-refractivity contribution is 0.269. The van der Waals surface area contributed by atoms with Gasteiger partial charge in [0.15, 0.2) is 17.2 Å². The number of anilines is 1. The molecule has 112 valence electrons. The summed E-state index contributed by atoms with van der Waals surface area (Å²) in [6.45, 7) is 0. The Labute approximate surface area is 128 Å². The van der Waals surface area contributed by atoms with Crippen molar-refractivity contribution in [1.82, 2.24) is 4.98 Å². The summed E-state index contributed by atoms with van der Waals surface area (Å²) >= 11 is 0.927.